The number of rotatable bonds is 3. The maximum absolute atomic E-state index is 12.3. The van der Waals surface area contributed by atoms with Gasteiger partial charge in [-0.3, -0.25) is 9.89 Å². The lowest BCUT2D eigenvalue weighted by Crippen LogP contribution is -2.24. The van der Waals surface area contributed by atoms with Crippen molar-refractivity contribution >= 4 is 5.91 Å². The molecule has 2 heterocycles. The Labute approximate surface area is 122 Å². The summed E-state index contributed by atoms with van der Waals surface area (Å²) in [6.45, 7) is 1.92. The van der Waals surface area contributed by atoms with Crippen molar-refractivity contribution in [3.8, 4) is 11.5 Å². The number of ether oxygens (including phenoxy) is 2. The van der Waals surface area contributed by atoms with Gasteiger partial charge in [-0.25, -0.2) is 0 Å². The molecule has 1 amide bonds. The van der Waals surface area contributed by atoms with E-state index < -0.39 is 0 Å². The minimum absolute atomic E-state index is 0.0749. The van der Waals surface area contributed by atoms with Gasteiger partial charge >= 0.3 is 0 Å². The molecule has 6 heteroatoms. The van der Waals surface area contributed by atoms with Crippen molar-refractivity contribution < 1.29 is 14.3 Å². The summed E-state index contributed by atoms with van der Waals surface area (Å²) in [5.41, 5.74) is 3.29. The number of H-pyrrole nitrogens is 1. The highest BCUT2D eigenvalue weighted by atomic mass is 16.5. The highest BCUT2D eigenvalue weighted by Crippen LogP contribution is 2.40. The zero-order valence-corrected chi connectivity index (χ0v) is 12.4. The Morgan fingerprint density at radius 1 is 1.24 bits per heavy atom. The Morgan fingerprint density at radius 3 is 2.62 bits per heavy atom. The van der Waals surface area contributed by atoms with Crippen molar-refractivity contribution in [3.63, 3.8) is 0 Å². The second-order valence-corrected chi connectivity index (χ2v) is 5.04. The van der Waals surface area contributed by atoms with E-state index in [0.717, 1.165) is 16.8 Å². The Balaban J connectivity index is 2.12. The number of fused-ring (bicyclic) bond motifs is 1. The normalized spacial score (nSPS) is 17.0. The summed E-state index contributed by atoms with van der Waals surface area (Å²) < 4.78 is 10.6. The van der Waals surface area contributed by atoms with E-state index in [1.807, 2.05) is 25.1 Å². The molecule has 1 aliphatic rings. The van der Waals surface area contributed by atoms with Gasteiger partial charge in [0.25, 0.3) is 5.91 Å². The molecular formula is C15H17N3O3. The molecule has 3 rings (SSSR count). The smallest absolute Gasteiger partial charge is 0.275 e. The van der Waals surface area contributed by atoms with E-state index in [-0.39, 0.29) is 11.9 Å². The summed E-state index contributed by atoms with van der Waals surface area (Å²) in [4.78, 5) is 14.0. The highest BCUT2D eigenvalue weighted by Gasteiger charge is 2.39. The molecule has 0 spiro atoms. The number of hydrogen-bond donors (Lipinski definition) is 1. The fourth-order valence-electron chi connectivity index (χ4n) is 2.83. The minimum Gasteiger partial charge on any atom is -0.493 e. The lowest BCUT2D eigenvalue weighted by Gasteiger charge is -2.22. The third-order valence-corrected chi connectivity index (χ3v) is 3.90. The summed E-state index contributed by atoms with van der Waals surface area (Å²) in [6.07, 6.45) is 0. The van der Waals surface area contributed by atoms with Crippen molar-refractivity contribution in [3.05, 3.63) is 40.7 Å². The molecule has 0 aliphatic carbocycles. The number of aromatic nitrogens is 2. The lowest BCUT2D eigenvalue weighted by molar-refractivity contribution is 0.0787. The molecule has 0 saturated carbocycles. The molecule has 0 fully saturated rings. The largest absolute Gasteiger partial charge is 0.493 e. The van der Waals surface area contributed by atoms with Gasteiger partial charge in [-0.1, -0.05) is 6.07 Å². The van der Waals surface area contributed by atoms with E-state index in [1.54, 1.807) is 26.2 Å². The third-order valence-electron chi connectivity index (χ3n) is 3.90. The number of nitrogens with zero attached hydrogens (tertiary/aromatic N) is 2. The standard InChI is InChI=1S/C15H17N3O3/c1-8-12-13(17-16-8)15(19)18(2)14(12)9-5-6-10(20-3)11(7-9)21-4/h5-7,14H,1-4H3,(H,16,17)/t14-/m0/s1. The highest BCUT2D eigenvalue weighted by molar-refractivity contribution is 5.98. The van der Waals surface area contributed by atoms with Crippen LogP contribution < -0.4 is 9.47 Å². The second-order valence-electron chi connectivity index (χ2n) is 5.04. The van der Waals surface area contributed by atoms with E-state index in [9.17, 15) is 4.79 Å². The summed E-state index contributed by atoms with van der Waals surface area (Å²) >= 11 is 0. The van der Waals surface area contributed by atoms with Gasteiger partial charge in [-0.2, -0.15) is 5.10 Å². The number of aryl methyl sites for hydroxylation is 1. The summed E-state index contributed by atoms with van der Waals surface area (Å²) in [5.74, 6) is 1.23. The van der Waals surface area contributed by atoms with Gasteiger partial charge in [0, 0.05) is 18.3 Å². The molecule has 1 atom stereocenters. The van der Waals surface area contributed by atoms with Gasteiger partial charge in [-0.05, 0) is 24.6 Å². The molecule has 0 radical (unpaired) electrons. The van der Waals surface area contributed by atoms with Crippen molar-refractivity contribution in [2.45, 2.75) is 13.0 Å². The van der Waals surface area contributed by atoms with Gasteiger partial charge < -0.3 is 14.4 Å². The van der Waals surface area contributed by atoms with E-state index in [0.29, 0.717) is 17.2 Å². The molecule has 1 aromatic heterocycles. The topological polar surface area (TPSA) is 67.5 Å². The lowest BCUT2D eigenvalue weighted by atomic mass is 9.99. The first-order chi connectivity index (χ1) is 10.1. The first-order valence-electron chi connectivity index (χ1n) is 6.62. The maximum atomic E-state index is 12.3. The SMILES string of the molecule is COc1ccc([C@H]2c3c(n[nH]c3C)C(=O)N2C)cc1OC. The number of carbonyl (C=O) groups excluding carboxylic acids is 1. The molecule has 0 unspecified atom stereocenters. The van der Waals surface area contributed by atoms with Gasteiger partial charge in [0.15, 0.2) is 17.2 Å². The molecule has 1 aliphatic heterocycles. The van der Waals surface area contributed by atoms with E-state index >= 15 is 0 Å². The monoisotopic (exact) mass is 287 g/mol. The molecule has 6 nitrogen and oxygen atoms in total. The van der Waals surface area contributed by atoms with Crippen LogP contribution in [0.2, 0.25) is 0 Å². The number of aromatic amines is 1. The van der Waals surface area contributed by atoms with Crippen molar-refractivity contribution in [1.82, 2.24) is 15.1 Å². The van der Waals surface area contributed by atoms with Gasteiger partial charge in [0.2, 0.25) is 0 Å². The van der Waals surface area contributed by atoms with E-state index in [1.165, 1.54) is 0 Å². The van der Waals surface area contributed by atoms with E-state index in [2.05, 4.69) is 10.2 Å². The van der Waals surface area contributed by atoms with E-state index in [4.69, 9.17) is 9.47 Å². The zero-order chi connectivity index (χ0) is 15.1. The summed E-state index contributed by atoms with van der Waals surface area (Å²) in [7, 11) is 4.98. The van der Waals surface area contributed by atoms with Crippen LogP contribution in [-0.4, -0.2) is 42.3 Å². The molecule has 1 aromatic carbocycles. The molecule has 0 saturated heterocycles. The number of carbonyl (C=O) groups is 1. The predicted molar refractivity (Wildman–Crippen MR) is 76.8 cm³/mol. The Hall–Kier alpha value is -2.50. The van der Waals surface area contributed by atoms with Crippen LogP contribution in [-0.2, 0) is 0 Å². The van der Waals surface area contributed by atoms with Gasteiger partial charge in [-0.15, -0.1) is 0 Å². The first-order valence-corrected chi connectivity index (χ1v) is 6.62. The predicted octanol–water partition coefficient (Wildman–Crippen LogP) is 1.91. The van der Waals surface area contributed by atoms with Crippen molar-refractivity contribution in [2.75, 3.05) is 21.3 Å². The quantitative estimate of drug-likeness (QED) is 0.936. The van der Waals surface area contributed by atoms with Crippen LogP contribution in [0, 0.1) is 6.92 Å². The first kappa shape index (κ1) is 13.5. The summed E-state index contributed by atoms with van der Waals surface area (Å²) in [5, 5.41) is 7.00. The number of methoxy groups -OCH3 is 2. The number of benzene rings is 1. The average Bonchev–Trinajstić information content (AvgIpc) is 2.99. The number of nitrogens with one attached hydrogen (secondary N) is 1. The maximum Gasteiger partial charge on any atom is 0.275 e. The number of amides is 1. The minimum atomic E-state index is -0.161. The fraction of sp³-hybridized carbons (Fsp3) is 0.333. The van der Waals surface area contributed by atoms with Crippen LogP contribution in [0.25, 0.3) is 0 Å². The van der Waals surface area contributed by atoms with Crippen LogP contribution in [0.3, 0.4) is 0 Å². The van der Waals surface area contributed by atoms with Gasteiger partial charge in [0.05, 0.1) is 20.3 Å². The molecule has 0 bridgehead atoms. The number of hydrogen-bond acceptors (Lipinski definition) is 4. The zero-order valence-electron chi connectivity index (χ0n) is 12.4. The van der Waals surface area contributed by atoms with Crippen LogP contribution in [0.15, 0.2) is 18.2 Å². The summed E-state index contributed by atoms with van der Waals surface area (Å²) in [6, 6.07) is 5.53. The van der Waals surface area contributed by atoms with Gasteiger partial charge in [0.1, 0.15) is 0 Å². The molecule has 110 valence electrons. The average molecular weight is 287 g/mol. The van der Waals surface area contributed by atoms with Crippen LogP contribution in [0.4, 0.5) is 0 Å². The Morgan fingerprint density at radius 2 is 1.95 bits per heavy atom. The van der Waals surface area contributed by atoms with Crippen LogP contribution in [0.5, 0.6) is 11.5 Å². The molecule has 2 aromatic rings. The Bertz CT molecular complexity index is 708. The molecule has 1 N–H and O–H groups in total. The third kappa shape index (κ3) is 1.86. The van der Waals surface area contributed by atoms with Crippen molar-refractivity contribution in [1.29, 1.82) is 0 Å². The molecular weight excluding hydrogens is 270 g/mol. The fourth-order valence-corrected chi connectivity index (χ4v) is 2.83. The molecule has 21 heavy (non-hydrogen) atoms. The van der Waals surface area contributed by atoms with Crippen molar-refractivity contribution in [2.24, 2.45) is 0 Å². The second kappa shape index (κ2) is 4.80. The van der Waals surface area contributed by atoms with Crippen LogP contribution in [0.1, 0.15) is 33.4 Å². The van der Waals surface area contributed by atoms with Crippen LogP contribution >= 0.6 is 0 Å². The Kier molecular flexibility index (Phi) is 3.08.